The van der Waals surface area contributed by atoms with E-state index in [0.717, 1.165) is 11.2 Å². The Kier molecular flexibility index (Phi) is 8.63. The number of amides is 2. The molecular weight excluding hydrogens is 498 g/mol. The van der Waals surface area contributed by atoms with Gasteiger partial charge in [-0.15, -0.1) is 0 Å². The van der Waals surface area contributed by atoms with Crippen molar-refractivity contribution >= 4 is 34.5 Å². The molecule has 2 amide bonds. The second kappa shape index (κ2) is 12.1. The van der Waals surface area contributed by atoms with Crippen molar-refractivity contribution in [2.75, 3.05) is 38.2 Å². The molecule has 3 aromatic rings. The molecule has 10 heteroatoms. The van der Waals surface area contributed by atoms with Crippen molar-refractivity contribution in [3.63, 3.8) is 0 Å². The fraction of sp³-hybridized carbons (Fsp3) is 0.414. The van der Waals surface area contributed by atoms with Gasteiger partial charge in [0, 0.05) is 50.2 Å². The van der Waals surface area contributed by atoms with Crippen LogP contribution in [0, 0.1) is 0 Å². The number of nitrogens with one attached hydrogen (secondary N) is 1. The Labute approximate surface area is 228 Å². The molecule has 39 heavy (non-hydrogen) atoms. The molecule has 2 aromatic heterocycles. The average molecular weight is 534 g/mol. The van der Waals surface area contributed by atoms with E-state index in [-0.39, 0.29) is 24.4 Å². The minimum absolute atomic E-state index is 0.0175. The number of benzene rings is 1. The fourth-order valence-electron chi connectivity index (χ4n) is 4.49. The van der Waals surface area contributed by atoms with Crippen molar-refractivity contribution in [2.24, 2.45) is 0 Å². The van der Waals surface area contributed by atoms with Crippen LogP contribution >= 0.6 is 0 Å². The lowest BCUT2D eigenvalue weighted by molar-refractivity contribution is -0.155. The zero-order chi connectivity index (χ0) is 28.0. The Bertz CT molecular complexity index is 1320. The molecule has 1 saturated heterocycles. The van der Waals surface area contributed by atoms with E-state index in [9.17, 15) is 14.4 Å². The third-order valence-corrected chi connectivity index (χ3v) is 6.36. The Morgan fingerprint density at radius 2 is 1.74 bits per heavy atom. The first-order valence-corrected chi connectivity index (χ1v) is 13.1. The number of pyridine rings is 2. The van der Waals surface area contributed by atoms with Crippen molar-refractivity contribution in [1.82, 2.24) is 20.2 Å². The third kappa shape index (κ3) is 7.22. The molecule has 4 rings (SSSR count). The molecule has 0 spiro atoms. The van der Waals surface area contributed by atoms with Gasteiger partial charge in [0.25, 0.3) is 5.91 Å². The number of anilines is 1. The number of fused-ring (bicyclic) bond motifs is 1. The van der Waals surface area contributed by atoms with Crippen LogP contribution in [-0.2, 0) is 14.3 Å². The summed E-state index contributed by atoms with van der Waals surface area (Å²) in [6.07, 6.45) is 1.83. The van der Waals surface area contributed by atoms with Gasteiger partial charge >= 0.3 is 5.97 Å². The lowest BCUT2D eigenvalue weighted by Crippen LogP contribution is -2.55. The Morgan fingerprint density at radius 1 is 1.03 bits per heavy atom. The number of esters is 1. The molecule has 3 heterocycles. The molecule has 0 radical (unpaired) electrons. The van der Waals surface area contributed by atoms with Crippen LogP contribution in [0.5, 0.6) is 5.75 Å². The summed E-state index contributed by atoms with van der Waals surface area (Å²) in [6, 6.07) is 13.7. The Balaban J connectivity index is 1.50. The van der Waals surface area contributed by atoms with Crippen LogP contribution in [0.2, 0.25) is 0 Å². The van der Waals surface area contributed by atoms with Crippen LogP contribution in [0.15, 0.2) is 54.7 Å². The number of rotatable bonds is 8. The number of hydrogen-bond acceptors (Lipinski definition) is 8. The normalized spacial score (nSPS) is 14.6. The molecule has 1 atom stereocenters. The highest BCUT2D eigenvalue weighted by Gasteiger charge is 2.31. The van der Waals surface area contributed by atoms with Crippen LogP contribution < -0.4 is 15.0 Å². The standard InChI is InChI=1S/C29H35N5O5/c1-29(2,3)39-26(35)13-12-22(28(37)34-17-15-33(16-18-34)25-11-7-8-14-30-25)32-27(36)23-19-24(38-4)20-9-5-6-10-21(20)31-23/h5-11,14,19,22H,12-13,15-18H2,1-4H3,(H,32,36). The van der Waals surface area contributed by atoms with E-state index < -0.39 is 23.5 Å². The van der Waals surface area contributed by atoms with Gasteiger partial charge in [0.15, 0.2) is 0 Å². The van der Waals surface area contributed by atoms with Crippen molar-refractivity contribution in [3.05, 3.63) is 60.4 Å². The number of nitrogens with zero attached hydrogens (tertiary/aromatic N) is 4. The van der Waals surface area contributed by atoms with Crippen molar-refractivity contribution in [3.8, 4) is 5.75 Å². The first-order valence-electron chi connectivity index (χ1n) is 13.1. The molecule has 10 nitrogen and oxygen atoms in total. The maximum Gasteiger partial charge on any atom is 0.306 e. The summed E-state index contributed by atoms with van der Waals surface area (Å²) in [5.41, 5.74) is 0.0811. The molecule has 206 valence electrons. The summed E-state index contributed by atoms with van der Waals surface area (Å²) in [5.74, 6) is 0.165. The number of methoxy groups -OCH3 is 1. The van der Waals surface area contributed by atoms with Crippen LogP contribution in [0.25, 0.3) is 10.9 Å². The summed E-state index contributed by atoms with van der Waals surface area (Å²) in [7, 11) is 1.53. The fourth-order valence-corrected chi connectivity index (χ4v) is 4.49. The Morgan fingerprint density at radius 3 is 2.41 bits per heavy atom. The summed E-state index contributed by atoms with van der Waals surface area (Å²) < 4.78 is 10.9. The molecule has 0 bridgehead atoms. The average Bonchev–Trinajstić information content (AvgIpc) is 2.93. The van der Waals surface area contributed by atoms with Gasteiger partial charge < -0.3 is 24.6 Å². The summed E-state index contributed by atoms with van der Waals surface area (Å²) >= 11 is 0. The van der Waals surface area contributed by atoms with Crippen LogP contribution in [0.1, 0.15) is 44.1 Å². The molecule has 1 aliphatic rings. The highest BCUT2D eigenvalue weighted by Crippen LogP contribution is 2.25. The summed E-state index contributed by atoms with van der Waals surface area (Å²) in [6.45, 7) is 7.52. The molecule has 0 saturated carbocycles. The maximum absolute atomic E-state index is 13.6. The molecular formula is C29H35N5O5. The maximum atomic E-state index is 13.6. The van der Waals surface area contributed by atoms with Crippen LogP contribution in [0.3, 0.4) is 0 Å². The smallest absolute Gasteiger partial charge is 0.306 e. The lowest BCUT2D eigenvalue weighted by Gasteiger charge is -2.37. The minimum Gasteiger partial charge on any atom is -0.496 e. The van der Waals surface area contributed by atoms with Gasteiger partial charge in [-0.05, 0) is 51.5 Å². The topological polar surface area (TPSA) is 114 Å². The van der Waals surface area contributed by atoms with Crippen molar-refractivity contribution < 1.29 is 23.9 Å². The first kappa shape index (κ1) is 27.8. The predicted octanol–water partition coefficient (Wildman–Crippen LogP) is 3.21. The van der Waals surface area contributed by atoms with Gasteiger partial charge in [-0.1, -0.05) is 18.2 Å². The highest BCUT2D eigenvalue weighted by molar-refractivity contribution is 5.99. The van der Waals surface area contributed by atoms with Gasteiger partial charge in [-0.25, -0.2) is 9.97 Å². The first-order chi connectivity index (χ1) is 18.6. The number of para-hydroxylation sites is 1. The largest absolute Gasteiger partial charge is 0.496 e. The van der Waals surface area contributed by atoms with Gasteiger partial charge in [0.05, 0.1) is 12.6 Å². The van der Waals surface area contributed by atoms with Crippen LogP contribution in [0.4, 0.5) is 5.82 Å². The number of ether oxygens (including phenoxy) is 2. The number of carbonyl (C=O) groups is 3. The SMILES string of the molecule is COc1cc(C(=O)NC(CCC(=O)OC(C)(C)C)C(=O)N2CCN(c3ccccn3)CC2)nc2ccccc12. The second-order valence-electron chi connectivity index (χ2n) is 10.4. The van der Waals surface area contributed by atoms with Gasteiger partial charge in [0.2, 0.25) is 5.91 Å². The third-order valence-electron chi connectivity index (χ3n) is 6.36. The van der Waals surface area contributed by atoms with E-state index in [4.69, 9.17) is 9.47 Å². The highest BCUT2D eigenvalue weighted by atomic mass is 16.6. The lowest BCUT2D eigenvalue weighted by atomic mass is 10.1. The summed E-state index contributed by atoms with van der Waals surface area (Å²) in [4.78, 5) is 52.1. The van der Waals surface area contributed by atoms with Gasteiger partial charge in [0.1, 0.15) is 28.9 Å². The van der Waals surface area contributed by atoms with E-state index in [2.05, 4.69) is 20.2 Å². The number of aromatic nitrogens is 2. The predicted molar refractivity (Wildman–Crippen MR) is 148 cm³/mol. The molecule has 0 aliphatic carbocycles. The van der Waals surface area contributed by atoms with Gasteiger partial charge in [-0.3, -0.25) is 14.4 Å². The van der Waals surface area contributed by atoms with E-state index in [0.29, 0.717) is 37.4 Å². The summed E-state index contributed by atoms with van der Waals surface area (Å²) in [5, 5.41) is 3.60. The number of hydrogen-bond donors (Lipinski definition) is 1. The van der Waals surface area contributed by atoms with E-state index >= 15 is 0 Å². The zero-order valence-corrected chi connectivity index (χ0v) is 22.8. The van der Waals surface area contributed by atoms with Crippen LogP contribution in [-0.4, -0.2) is 77.6 Å². The molecule has 1 N–H and O–H groups in total. The second-order valence-corrected chi connectivity index (χ2v) is 10.4. The van der Waals surface area contributed by atoms with Gasteiger partial charge in [-0.2, -0.15) is 0 Å². The molecule has 1 fully saturated rings. The number of carbonyl (C=O) groups excluding carboxylic acids is 3. The Hall–Kier alpha value is -4.21. The van der Waals surface area contributed by atoms with E-state index in [1.54, 1.807) is 44.0 Å². The number of piperazine rings is 1. The van der Waals surface area contributed by atoms with Crippen molar-refractivity contribution in [1.29, 1.82) is 0 Å². The van der Waals surface area contributed by atoms with Crippen molar-refractivity contribution in [2.45, 2.75) is 45.3 Å². The monoisotopic (exact) mass is 533 g/mol. The van der Waals surface area contributed by atoms with E-state index in [1.165, 1.54) is 7.11 Å². The minimum atomic E-state index is -0.925. The van der Waals surface area contributed by atoms with E-state index in [1.807, 2.05) is 36.4 Å². The molecule has 1 unspecified atom stereocenters. The molecule has 1 aromatic carbocycles. The zero-order valence-electron chi connectivity index (χ0n) is 22.8. The quantitative estimate of drug-likeness (QED) is 0.439. The molecule has 1 aliphatic heterocycles.